The Labute approximate surface area is 94.3 Å². The van der Waals surface area contributed by atoms with Gasteiger partial charge < -0.3 is 4.74 Å². The molecule has 0 radical (unpaired) electrons. The van der Waals surface area contributed by atoms with Gasteiger partial charge in [0.1, 0.15) is 11.6 Å². The molecule has 0 fully saturated rings. The lowest BCUT2D eigenvalue weighted by molar-refractivity contribution is 0.308. The molecular formula is C10H14FNO3S. The summed E-state index contributed by atoms with van der Waals surface area (Å²) in [5.74, 6) is 0.0251. The fraction of sp³-hybridized carbons (Fsp3) is 0.400. The van der Waals surface area contributed by atoms with Crippen molar-refractivity contribution in [2.75, 3.05) is 12.4 Å². The first-order valence-corrected chi connectivity index (χ1v) is 6.58. The predicted molar refractivity (Wildman–Crippen MR) is 59.1 cm³/mol. The lowest BCUT2D eigenvalue weighted by Crippen LogP contribution is -2.16. The fourth-order valence-electron chi connectivity index (χ4n) is 1.15. The molecular weight excluding hydrogens is 233 g/mol. The summed E-state index contributed by atoms with van der Waals surface area (Å²) in [7, 11) is -3.39. The Kier molecular flexibility index (Phi) is 4.70. The van der Waals surface area contributed by atoms with E-state index >= 15 is 0 Å². The van der Waals surface area contributed by atoms with Crippen molar-refractivity contribution < 1.29 is 17.5 Å². The van der Waals surface area contributed by atoms with Crippen LogP contribution < -0.4 is 9.88 Å². The smallest absolute Gasteiger partial charge is 0.209 e. The molecule has 0 heterocycles. The average Bonchev–Trinajstić information content (AvgIpc) is 2.15. The lowest BCUT2D eigenvalue weighted by Gasteiger charge is -2.05. The van der Waals surface area contributed by atoms with Gasteiger partial charge in [0, 0.05) is 6.07 Å². The summed E-state index contributed by atoms with van der Waals surface area (Å²) in [4.78, 5) is 0. The molecule has 1 rings (SSSR count). The minimum atomic E-state index is -3.39. The number of ether oxygens (including phenoxy) is 1. The van der Waals surface area contributed by atoms with Gasteiger partial charge in [0.2, 0.25) is 10.0 Å². The van der Waals surface area contributed by atoms with Gasteiger partial charge in [-0.3, -0.25) is 0 Å². The van der Waals surface area contributed by atoms with Crippen molar-refractivity contribution in [3.8, 4) is 5.75 Å². The van der Waals surface area contributed by atoms with Gasteiger partial charge in [-0.2, -0.15) is 0 Å². The van der Waals surface area contributed by atoms with E-state index in [1.807, 2.05) is 0 Å². The molecule has 6 heteroatoms. The monoisotopic (exact) mass is 247 g/mol. The summed E-state index contributed by atoms with van der Waals surface area (Å²) in [6.07, 6.45) is 1.00. The second-order valence-electron chi connectivity index (χ2n) is 3.38. The molecule has 2 N–H and O–H groups in total. The van der Waals surface area contributed by atoms with Crippen LogP contribution in [0.25, 0.3) is 0 Å². The van der Waals surface area contributed by atoms with Crippen LogP contribution in [0.15, 0.2) is 24.3 Å². The maximum atomic E-state index is 12.7. The molecule has 4 nitrogen and oxygen atoms in total. The van der Waals surface area contributed by atoms with E-state index in [9.17, 15) is 12.8 Å². The predicted octanol–water partition coefficient (Wildman–Crippen LogP) is 1.27. The van der Waals surface area contributed by atoms with Crippen molar-refractivity contribution in [3.63, 3.8) is 0 Å². The standard InChI is InChI=1S/C10H14FNO3S/c11-9-4-3-5-10(8-9)15-6-1-2-7-16(12,13)14/h3-5,8H,1-2,6-7H2,(H2,12,13,14). The molecule has 0 atom stereocenters. The molecule has 90 valence electrons. The van der Waals surface area contributed by atoms with Crippen molar-refractivity contribution >= 4 is 10.0 Å². The van der Waals surface area contributed by atoms with Crippen molar-refractivity contribution in [3.05, 3.63) is 30.1 Å². The van der Waals surface area contributed by atoms with E-state index in [0.717, 1.165) is 0 Å². The maximum absolute atomic E-state index is 12.7. The van der Waals surface area contributed by atoms with Crippen LogP contribution in [0.5, 0.6) is 5.75 Å². The Balaban J connectivity index is 2.21. The van der Waals surface area contributed by atoms with Crippen LogP contribution in [0.3, 0.4) is 0 Å². The zero-order valence-electron chi connectivity index (χ0n) is 8.73. The van der Waals surface area contributed by atoms with Crippen LogP contribution in [0.1, 0.15) is 12.8 Å². The Morgan fingerprint density at radius 3 is 2.69 bits per heavy atom. The quantitative estimate of drug-likeness (QED) is 0.770. The third-order valence-electron chi connectivity index (χ3n) is 1.89. The van der Waals surface area contributed by atoms with Crippen LogP contribution >= 0.6 is 0 Å². The van der Waals surface area contributed by atoms with Crippen LogP contribution in [0.2, 0.25) is 0 Å². The van der Waals surface area contributed by atoms with E-state index in [-0.39, 0.29) is 11.6 Å². The van der Waals surface area contributed by atoms with E-state index < -0.39 is 10.0 Å². The number of unbranched alkanes of at least 4 members (excludes halogenated alkanes) is 1. The largest absolute Gasteiger partial charge is 0.493 e. The van der Waals surface area contributed by atoms with Crippen molar-refractivity contribution in [1.29, 1.82) is 0 Å². The number of primary sulfonamides is 1. The second kappa shape index (κ2) is 5.81. The summed E-state index contributed by atoms with van der Waals surface area (Å²) in [6, 6.07) is 5.80. The van der Waals surface area contributed by atoms with Crippen LogP contribution in [0, 0.1) is 5.82 Å². The molecule has 0 unspecified atom stereocenters. The van der Waals surface area contributed by atoms with Crippen LogP contribution in [-0.4, -0.2) is 20.8 Å². The fourth-order valence-corrected chi connectivity index (χ4v) is 1.76. The second-order valence-corrected chi connectivity index (χ2v) is 5.11. The van der Waals surface area contributed by atoms with E-state index in [1.165, 1.54) is 12.1 Å². The number of sulfonamides is 1. The minimum Gasteiger partial charge on any atom is -0.493 e. The third-order valence-corrected chi connectivity index (χ3v) is 2.75. The van der Waals surface area contributed by atoms with E-state index in [1.54, 1.807) is 12.1 Å². The summed E-state index contributed by atoms with van der Waals surface area (Å²) >= 11 is 0. The van der Waals surface area contributed by atoms with Crippen molar-refractivity contribution in [2.45, 2.75) is 12.8 Å². The summed E-state index contributed by atoms with van der Waals surface area (Å²) in [5.41, 5.74) is 0. The van der Waals surface area contributed by atoms with Crippen molar-refractivity contribution in [1.82, 2.24) is 0 Å². The highest BCUT2D eigenvalue weighted by atomic mass is 32.2. The zero-order chi connectivity index (χ0) is 12.0. The first-order chi connectivity index (χ1) is 7.47. The highest BCUT2D eigenvalue weighted by Gasteiger charge is 2.02. The SMILES string of the molecule is NS(=O)(=O)CCCCOc1cccc(F)c1. The van der Waals surface area contributed by atoms with Gasteiger partial charge in [0.05, 0.1) is 12.4 Å². The van der Waals surface area contributed by atoms with Crippen LogP contribution in [0.4, 0.5) is 4.39 Å². The molecule has 1 aromatic rings. The Morgan fingerprint density at radius 2 is 2.06 bits per heavy atom. The molecule has 0 saturated carbocycles. The minimum absolute atomic E-state index is 0.0560. The summed E-state index contributed by atoms with van der Waals surface area (Å²) in [5, 5.41) is 4.83. The maximum Gasteiger partial charge on any atom is 0.209 e. The van der Waals surface area contributed by atoms with Gasteiger partial charge in [-0.15, -0.1) is 0 Å². The number of hydrogen-bond donors (Lipinski definition) is 1. The number of nitrogens with two attached hydrogens (primary N) is 1. The lowest BCUT2D eigenvalue weighted by atomic mass is 10.3. The van der Waals surface area contributed by atoms with Gasteiger partial charge in [-0.1, -0.05) is 6.07 Å². The molecule has 0 aliphatic heterocycles. The highest BCUT2D eigenvalue weighted by Crippen LogP contribution is 2.12. The van der Waals surface area contributed by atoms with Gasteiger partial charge >= 0.3 is 0 Å². The Morgan fingerprint density at radius 1 is 1.31 bits per heavy atom. The molecule has 0 spiro atoms. The van der Waals surface area contributed by atoms with Gasteiger partial charge in [-0.05, 0) is 25.0 Å². The normalized spacial score (nSPS) is 11.4. The molecule has 16 heavy (non-hydrogen) atoms. The Bertz CT molecular complexity index is 433. The number of hydrogen-bond acceptors (Lipinski definition) is 3. The summed E-state index contributed by atoms with van der Waals surface area (Å²) in [6.45, 7) is 0.346. The highest BCUT2D eigenvalue weighted by molar-refractivity contribution is 7.89. The van der Waals surface area contributed by atoms with Gasteiger partial charge in [-0.25, -0.2) is 17.9 Å². The van der Waals surface area contributed by atoms with E-state index in [2.05, 4.69) is 0 Å². The first-order valence-electron chi connectivity index (χ1n) is 4.86. The van der Waals surface area contributed by atoms with Crippen molar-refractivity contribution in [2.24, 2.45) is 5.14 Å². The molecule has 0 bridgehead atoms. The number of benzene rings is 1. The van der Waals surface area contributed by atoms with E-state index in [4.69, 9.17) is 9.88 Å². The average molecular weight is 247 g/mol. The van der Waals surface area contributed by atoms with Crippen LogP contribution in [-0.2, 0) is 10.0 Å². The molecule has 0 aliphatic carbocycles. The summed E-state index contributed by atoms with van der Waals surface area (Å²) < 4.78 is 39.1. The van der Waals surface area contributed by atoms with Gasteiger partial charge in [0.25, 0.3) is 0 Å². The number of halogens is 1. The zero-order valence-corrected chi connectivity index (χ0v) is 9.54. The third kappa shape index (κ3) is 5.67. The molecule has 0 aromatic heterocycles. The topological polar surface area (TPSA) is 69.4 Å². The molecule has 0 aliphatic rings. The molecule has 0 amide bonds. The number of rotatable bonds is 6. The first kappa shape index (κ1) is 12.9. The van der Waals surface area contributed by atoms with E-state index in [0.29, 0.717) is 25.2 Å². The molecule has 0 saturated heterocycles. The molecule has 1 aromatic carbocycles. The Hall–Kier alpha value is -1.14. The van der Waals surface area contributed by atoms with Gasteiger partial charge in [0.15, 0.2) is 0 Å².